The third-order valence-corrected chi connectivity index (χ3v) is 8.23. The number of hydrogen-bond donors (Lipinski definition) is 2. The summed E-state index contributed by atoms with van der Waals surface area (Å²) in [6.07, 6.45) is 8.13. The quantitative estimate of drug-likeness (QED) is 0.590. The minimum absolute atomic E-state index is 0.00742. The van der Waals surface area contributed by atoms with Gasteiger partial charge in [-0.3, -0.25) is 4.90 Å². The molecule has 0 atom stereocenters. The van der Waals surface area contributed by atoms with Gasteiger partial charge in [-0.05, 0) is 74.8 Å². The molecule has 4 saturated carbocycles. The zero-order chi connectivity index (χ0) is 23.5. The molecule has 3 amide bonds. The monoisotopic (exact) mass is 470 g/mol. The molecular weight excluding hydrogens is 432 g/mol. The van der Waals surface area contributed by atoms with Crippen LogP contribution in [0.15, 0.2) is 24.3 Å². The maximum atomic E-state index is 13.0. The Bertz CT molecular complexity index is 848. The van der Waals surface area contributed by atoms with E-state index >= 15 is 0 Å². The molecule has 5 aliphatic rings. The van der Waals surface area contributed by atoms with E-state index in [0.29, 0.717) is 25.4 Å². The van der Waals surface area contributed by atoms with Crippen LogP contribution in [-0.4, -0.2) is 73.9 Å². The van der Waals surface area contributed by atoms with Gasteiger partial charge < -0.3 is 25.0 Å². The second-order valence-electron chi connectivity index (χ2n) is 10.8. The number of benzene rings is 1. The fourth-order valence-electron chi connectivity index (χ4n) is 7.11. The number of piperazine rings is 1. The molecule has 1 aliphatic heterocycles. The summed E-state index contributed by atoms with van der Waals surface area (Å²) in [5, 5.41) is 6.44. The van der Waals surface area contributed by atoms with Crippen molar-refractivity contribution in [3.63, 3.8) is 0 Å². The van der Waals surface area contributed by atoms with E-state index in [4.69, 9.17) is 9.47 Å². The van der Waals surface area contributed by atoms with Crippen LogP contribution in [0.2, 0.25) is 0 Å². The zero-order valence-corrected chi connectivity index (χ0v) is 20.3. The number of urea groups is 1. The number of amides is 3. The van der Waals surface area contributed by atoms with Gasteiger partial charge in [-0.15, -0.1) is 0 Å². The van der Waals surface area contributed by atoms with E-state index in [1.165, 1.54) is 26.4 Å². The van der Waals surface area contributed by atoms with Crippen molar-refractivity contribution in [3.8, 4) is 5.75 Å². The lowest BCUT2D eigenvalue weighted by Gasteiger charge is -2.56. The first kappa shape index (κ1) is 23.3. The van der Waals surface area contributed by atoms with Crippen molar-refractivity contribution in [2.24, 2.45) is 17.8 Å². The molecule has 4 aliphatic carbocycles. The number of methoxy groups -OCH3 is 1. The summed E-state index contributed by atoms with van der Waals surface area (Å²) < 4.78 is 10.8. The highest BCUT2D eigenvalue weighted by atomic mass is 16.5. The Kier molecular flexibility index (Phi) is 6.86. The van der Waals surface area contributed by atoms with Crippen molar-refractivity contribution < 1.29 is 19.1 Å². The predicted molar refractivity (Wildman–Crippen MR) is 130 cm³/mol. The van der Waals surface area contributed by atoms with Gasteiger partial charge in [0, 0.05) is 38.3 Å². The van der Waals surface area contributed by atoms with Gasteiger partial charge in [0.15, 0.2) is 0 Å². The van der Waals surface area contributed by atoms with Gasteiger partial charge in [0.25, 0.3) is 0 Å². The van der Waals surface area contributed by atoms with Crippen molar-refractivity contribution in [1.82, 2.24) is 15.1 Å². The largest absolute Gasteiger partial charge is 0.491 e. The summed E-state index contributed by atoms with van der Waals surface area (Å²) in [4.78, 5) is 28.6. The average molecular weight is 471 g/mol. The zero-order valence-electron chi connectivity index (χ0n) is 20.3. The Labute approximate surface area is 202 Å². The van der Waals surface area contributed by atoms with Gasteiger partial charge in [-0.2, -0.15) is 0 Å². The molecular formula is C26H38N4O4. The highest BCUT2D eigenvalue weighted by Gasteiger charge is 2.51. The smallest absolute Gasteiger partial charge is 0.409 e. The molecule has 8 heteroatoms. The first-order valence-corrected chi connectivity index (χ1v) is 12.9. The summed E-state index contributed by atoms with van der Waals surface area (Å²) in [7, 11) is 1.42. The average Bonchev–Trinajstić information content (AvgIpc) is 2.81. The second kappa shape index (κ2) is 10.0. The number of para-hydroxylation sites is 2. The van der Waals surface area contributed by atoms with E-state index in [9.17, 15) is 9.59 Å². The lowest BCUT2D eigenvalue weighted by molar-refractivity contribution is -0.0127. The molecule has 1 aromatic carbocycles. The number of ether oxygens (including phenoxy) is 2. The first-order valence-electron chi connectivity index (χ1n) is 12.9. The number of rotatable bonds is 7. The minimum Gasteiger partial charge on any atom is -0.491 e. The predicted octanol–water partition coefficient (Wildman–Crippen LogP) is 3.93. The highest BCUT2D eigenvalue weighted by molar-refractivity contribution is 5.91. The Hall–Kier alpha value is -2.48. The number of hydrogen-bond acceptors (Lipinski definition) is 5. The Balaban J connectivity index is 1.07. The fourth-order valence-corrected chi connectivity index (χ4v) is 7.11. The summed E-state index contributed by atoms with van der Waals surface area (Å²) in [5.74, 6) is 3.10. The first-order chi connectivity index (χ1) is 16.5. The maximum absolute atomic E-state index is 13.0. The topological polar surface area (TPSA) is 83.1 Å². The fraction of sp³-hybridized carbons (Fsp3) is 0.692. The Morgan fingerprint density at radius 2 is 1.65 bits per heavy atom. The van der Waals surface area contributed by atoms with Crippen LogP contribution in [0, 0.1) is 17.8 Å². The molecule has 0 aromatic heterocycles. The number of carbonyl (C=O) groups is 2. The van der Waals surface area contributed by atoms with E-state index in [1.807, 2.05) is 24.3 Å². The molecule has 8 nitrogen and oxygen atoms in total. The molecule has 2 N–H and O–H groups in total. The van der Waals surface area contributed by atoms with Crippen molar-refractivity contribution in [2.75, 3.05) is 51.8 Å². The van der Waals surface area contributed by atoms with Crippen LogP contribution in [0.3, 0.4) is 0 Å². The minimum atomic E-state index is -0.251. The van der Waals surface area contributed by atoms with Gasteiger partial charge in [-0.25, -0.2) is 9.59 Å². The van der Waals surface area contributed by atoms with Crippen LogP contribution >= 0.6 is 0 Å². The molecule has 1 saturated heterocycles. The summed E-state index contributed by atoms with van der Waals surface area (Å²) >= 11 is 0. The Morgan fingerprint density at radius 1 is 1.00 bits per heavy atom. The normalized spacial score (nSPS) is 30.1. The molecule has 0 spiro atoms. The van der Waals surface area contributed by atoms with Crippen molar-refractivity contribution >= 4 is 17.8 Å². The standard InChI is InChI=1S/C26H38N4O4/c1-33-25(32)30-10-8-29(9-11-30)7-4-12-34-23-6-3-2-5-22(23)27-24(31)28-26-16-19-13-20(17-26)15-21(14-19)18-26/h2-3,5-6,19-21H,4,7-18H2,1H3,(H2,27,28,31). The molecule has 4 bridgehead atoms. The van der Waals surface area contributed by atoms with E-state index in [1.54, 1.807) is 4.90 Å². The van der Waals surface area contributed by atoms with Crippen molar-refractivity contribution in [3.05, 3.63) is 24.3 Å². The summed E-state index contributed by atoms with van der Waals surface area (Å²) in [6, 6.07) is 7.56. The summed E-state index contributed by atoms with van der Waals surface area (Å²) in [5.41, 5.74) is 0.711. The van der Waals surface area contributed by atoms with Crippen LogP contribution in [0.5, 0.6) is 5.75 Å². The molecule has 34 heavy (non-hydrogen) atoms. The van der Waals surface area contributed by atoms with Gasteiger partial charge in [0.1, 0.15) is 5.75 Å². The van der Waals surface area contributed by atoms with Gasteiger partial charge in [0.2, 0.25) is 0 Å². The van der Waals surface area contributed by atoms with Gasteiger partial charge in [0.05, 0.1) is 19.4 Å². The number of nitrogens with zero attached hydrogens (tertiary/aromatic N) is 2. The molecule has 0 radical (unpaired) electrons. The number of anilines is 1. The third kappa shape index (κ3) is 5.27. The van der Waals surface area contributed by atoms with Gasteiger partial charge in [-0.1, -0.05) is 12.1 Å². The molecule has 186 valence electrons. The lowest BCUT2D eigenvalue weighted by atomic mass is 9.53. The highest BCUT2D eigenvalue weighted by Crippen LogP contribution is 2.55. The van der Waals surface area contributed by atoms with Crippen LogP contribution in [0.25, 0.3) is 0 Å². The Morgan fingerprint density at radius 3 is 2.29 bits per heavy atom. The third-order valence-electron chi connectivity index (χ3n) is 8.23. The molecule has 6 rings (SSSR count). The molecule has 1 aromatic rings. The van der Waals surface area contributed by atoms with Crippen molar-refractivity contribution in [2.45, 2.75) is 50.5 Å². The molecule has 1 heterocycles. The second-order valence-corrected chi connectivity index (χ2v) is 10.8. The van der Waals surface area contributed by atoms with E-state index < -0.39 is 0 Å². The van der Waals surface area contributed by atoms with E-state index in [2.05, 4.69) is 15.5 Å². The number of nitrogens with one attached hydrogen (secondary N) is 2. The maximum Gasteiger partial charge on any atom is 0.409 e. The molecule has 0 unspecified atom stereocenters. The SMILES string of the molecule is COC(=O)N1CCN(CCCOc2ccccc2NC(=O)NC23CC4CC(CC(C4)C2)C3)CC1. The van der Waals surface area contributed by atoms with Crippen LogP contribution < -0.4 is 15.4 Å². The van der Waals surface area contributed by atoms with E-state index in [0.717, 1.165) is 68.8 Å². The van der Waals surface area contributed by atoms with Crippen molar-refractivity contribution in [1.29, 1.82) is 0 Å². The van der Waals surface area contributed by atoms with E-state index in [-0.39, 0.29) is 17.7 Å². The van der Waals surface area contributed by atoms with Crippen LogP contribution in [0.1, 0.15) is 44.9 Å². The summed E-state index contributed by atoms with van der Waals surface area (Å²) in [6.45, 7) is 4.57. The number of carbonyl (C=O) groups excluding carboxylic acids is 2. The molecule has 5 fully saturated rings. The van der Waals surface area contributed by atoms with Gasteiger partial charge >= 0.3 is 12.1 Å². The van der Waals surface area contributed by atoms with Crippen LogP contribution in [0.4, 0.5) is 15.3 Å². The van der Waals surface area contributed by atoms with Crippen LogP contribution in [-0.2, 0) is 4.74 Å². The lowest BCUT2D eigenvalue weighted by Crippen LogP contribution is -2.60.